The van der Waals surface area contributed by atoms with Gasteiger partial charge in [0.2, 0.25) is 0 Å². The molecule has 0 spiro atoms. The van der Waals surface area contributed by atoms with Crippen molar-refractivity contribution in [1.82, 2.24) is 9.97 Å². The van der Waals surface area contributed by atoms with Crippen LogP contribution in [0.5, 0.6) is 0 Å². The van der Waals surface area contributed by atoms with Gasteiger partial charge < -0.3 is 5.73 Å². The van der Waals surface area contributed by atoms with E-state index in [4.69, 9.17) is 5.73 Å². The van der Waals surface area contributed by atoms with Gasteiger partial charge in [-0.2, -0.15) is 0 Å². The highest BCUT2D eigenvalue weighted by molar-refractivity contribution is 5.66. The van der Waals surface area contributed by atoms with Crippen LogP contribution < -0.4 is 5.73 Å². The number of nitrogen functional groups attached to an aromatic ring is 1. The molecule has 0 amide bonds. The number of aromatic nitrogens is 2. The zero-order valence-electron chi connectivity index (χ0n) is 8.24. The van der Waals surface area contributed by atoms with E-state index in [1.165, 1.54) is 18.5 Å². The summed E-state index contributed by atoms with van der Waals surface area (Å²) in [4.78, 5) is 7.95. The van der Waals surface area contributed by atoms with Crippen molar-refractivity contribution >= 4 is 5.82 Å². The molecule has 0 fully saturated rings. The van der Waals surface area contributed by atoms with Crippen LogP contribution in [0.4, 0.5) is 10.2 Å². The first kappa shape index (κ1) is 9.58. The van der Waals surface area contributed by atoms with E-state index in [1.54, 1.807) is 12.1 Å². The Morgan fingerprint density at radius 2 is 2.07 bits per heavy atom. The molecule has 0 bridgehead atoms. The van der Waals surface area contributed by atoms with Crippen molar-refractivity contribution in [2.45, 2.75) is 6.92 Å². The Labute approximate surface area is 86.8 Å². The van der Waals surface area contributed by atoms with Gasteiger partial charge in [-0.25, -0.2) is 14.4 Å². The fourth-order valence-electron chi connectivity index (χ4n) is 1.39. The normalized spacial score (nSPS) is 10.3. The minimum absolute atomic E-state index is 0.288. The molecule has 4 heteroatoms. The second kappa shape index (κ2) is 3.65. The van der Waals surface area contributed by atoms with Crippen molar-refractivity contribution in [3.63, 3.8) is 0 Å². The number of benzene rings is 1. The lowest BCUT2D eigenvalue weighted by Gasteiger charge is -2.06. The van der Waals surface area contributed by atoms with E-state index in [9.17, 15) is 4.39 Å². The predicted molar refractivity (Wildman–Crippen MR) is 56.6 cm³/mol. The monoisotopic (exact) mass is 203 g/mol. The minimum Gasteiger partial charge on any atom is -0.383 e. The lowest BCUT2D eigenvalue weighted by molar-refractivity contribution is 0.628. The van der Waals surface area contributed by atoms with Crippen molar-refractivity contribution < 1.29 is 4.39 Å². The Balaban J connectivity index is 2.59. The molecule has 15 heavy (non-hydrogen) atoms. The van der Waals surface area contributed by atoms with Crippen LogP contribution in [0.1, 0.15) is 5.56 Å². The molecule has 0 aliphatic rings. The highest BCUT2D eigenvalue weighted by Crippen LogP contribution is 2.23. The molecule has 0 saturated heterocycles. The third-order valence-electron chi connectivity index (χ3n) is 2.22. The fraction of sp³-hybridized carbons (Fsp3) is 0.0909. The van der Waals surface area contributed by atoms with Gasteiger partial charge in [0.15, 0.2) is 0 Å². The summed E-state index contributed by atoms with van der Waals surface area (Å²) in [6.45, 7) is 1.82. The maximum absolute atomic E-state index is 13.0. The number of nitrogens with two attached hydrogens (primary N) is 1. The molecule has 2 aromatic rings. The van der Waals surface area contributed by atoms with Crippen LogP contribution in [0.25, 0.3) is 11.3 Å². The highest BCUT2D eigenvalue weighted by atomic mass is 19.1. The molecule has 2 rings (SSSR count). The molecule has 0 unspecified atom stereocenters. The lowest BCUT2D eigenvalue weighted by atomic mass is 10.1. The maximum Gasteiger partial charge on any atom is 0.130 e. The summed E-state index contributed by atoms with van der Waals surface area (Å²) in [5.74, 6) is 0.133. The summed E-state index contributed by atoms with van der Waals surface area (Å²) in [6.07, 6.45) is 1.38. The molecule has 76 valence electrons. The van der Waals surface area contributed by atoms with Crippen LogP contribution in [0, 0.1) is 12.7 Å². The van der Waals surface area contributed by atoms with Crippen molar-refractivity contribution in [2.24, 2.45) is 0 Å². The average Bonchev–Trinajstić information content (AvgIpc) is 2.22. The zero-order chi connectivity index (χ0) is 10.8. The summed E-state index contributed by atoms with van der Waals surface area (Å²) in [5.41, 5.74) is 7.80. The standard InChI is InChI=1S/C11H10FN3/c1-7-10(14-6-15-11(7)13)8-3-2-4-9(12)5-8/h2-6H,1H3,(H2,13,14,15). The molecule has 3 nitrogen and oxygen atoms in total. The Morgan fingerprint density at radius 1 is 1.27 bits per heavy atom. The Morgan fingerprint density at radius 3 is 2.80 bits per heavy atom. The van der Waals surface area contributed by atoms with Crippen molar-refractivity contribution in [1.29, 1.82) is 0 Å². The van der Waals surface area contributed by atoms with E-state index in [2.05, 4.69) is 9.97 Å². The van der Waals surface area contributed by atoms with E-state index >= 15 is 0 Å². The van der Waals surface area contributed by atoms with Crippen molar-refractivity contribution in [2.75, 3.05) is 5.73 Å². The van der Waals surface area contributed by atoms with Gasteiger partial charge in [-0.05, 0) is 19.1 Å². The second-order valence-corrected chi connectivity index (χ2v) is 3.24. The molecule has 1 aromatic heterocycles. The van der Waals surface area contributed by atoms with E-state index in [0.717, 1.165) is 5.56 Å². The summed E-state index contributed by atoms with van der Waals surface area (Å²) in [7, 11) is 0. The van der Waals surface area contributed by atoms with Gasteiger partial charge in [0.25, 0.3) is 0 Å². The number of anilines is 1. The largest absolute Gasteiger partial charge is 0.383 e. The number of halogens is 1. The van der Waals surface area contributed by atoms with Gasteiger partial charge in [-0.3, -0.25) is 0 Å². The van der Waals surface area contributed by atoms with Crippen LogP contribution >= 0.6 is 0 Å². The molecule has 1 aromatic carbocycles. The number of hydrogen-bond acceptors (Lipinski definition) is 3. The summed E-state index contributed by atoms with van der Waals surface area (Å²) in [5, 5.41) is 0. The smallest absolute Gasteiger partial charge is 0.130 e. The van der Waals surface area contributed by atoms with Gasteiger partial charge in [0, 0.05) is 11.1 Å². The summed E-state index contributed by atoms with van der Waals surface area (Å²) >= 11 is 0. The van der Waals surface area contributed by atoms with Crippen molar-refractivity contribution in [3.8, 4) is 11.3 Å². The molecular weight excluding hydrogens is 193 g/mol. The van der Waals surface area contributed by atoms with Crippen LogP contribution in [0.3, 0.4) is 0 Å². The first-order chi connectivity index (χ1) is 7.18. The van der Waals surface area contributed by atoms with Crippen LogP contribution in [-0.4, -0.2) is 9.97 Å². The third-order valence-corrected chi connectivity index (χ3v) is 2.22. The van der Waals surface area contributed by atoms with E-state index in [0.29, 0.717) is 17.1 Å². The van der Waals surface area contributed by atoms with Crippen molar-refractivity contribution in [3.05, 3.63) is 42.0 Å². The Bertz CT molecular complexity index is 497. The van der Waals surface area contributed by atoms with Crippen LogP contribution in [0.15, 0.2) is 30.6 Å². The molecule has 2 N–H and O–H groups in total. The van der Waals surface area contributed by atoms with Gasteiger partial charge >= 0.3 is 0 Å². The first-order valence-corrected chi connectivity index (χ1v) is 4.51. The van der Waals surface area contributed by atoms with Gasteiger partial charge in [-0.1, -0.05) is 12.1 Å². The summed E-state index contributed by atoms with van der Waals surface area (Å²) < 4.78 is 13.0. The second-order valence-electron chi connectivity index (χ2n) is 3.24. The number of rotatable bonds is 1. The quantitative estimate of drug-likeness (QED) is 0.772. The first-order valence-electron chi connectivity index (χ1n) is 4.51. The number of nitrogens with zero attached hydrogens (tertiary/aromatic N) is 2. The molecule has 1 heterocycles. The molecule has 0 radical (unpaired) electrons. The topological polar surface area (TPSA) is 51.8 Å². The van der Waals surface area contributed by atoms with Gasteiger partial charge in [0.1, 0.15) is 18.0 Å². The number of hydrogen-bond donors (Lipinski definition) is 1. The SMILES string of the molecule is Cc1c(N)ncnc1-c1cccc(F)c1. The van der Waals surface area contributed by atoms with E-state index in [1.807, 2.05) is 6.92 Å². The van der Waals surface area contributed by atoms with E-state index in [-0.39, 0.29) is 5.82 Å². The van der Waals surface area contributed by atoms with E-state index < -0.39 is 0 Å². The zero-order valence-corrected chi connectivity index (χ0v) is 8.24. The van der Waals surface area contributed by atoms with Crippen LogP contribution in [0.2, 0.25) is 0 Å². The highest BCUT2D eigenvalue weighted by Gasteiger charge is 2.06. The lowest BCUT2D eigenvalue weighted by Crippen LogP contribution is -1.98. The predicted octanol–water partition coefficient (Wildman–Crippen LogP) is 2.17. The average molecular weight is 203 g/mol. The third kappa shape index (κ3) is 1.79. The minimum atomic E-state index is -0.288. The Hall–Kier alpha value is -1.97. The maximum atomic E-state index is 13.0. The van der Waals surface area contributed by atoms with Gasteiger partial charge in [-0.15, -0.1) is 0 Å². The fourth-order valence-corrected chi connectivity index (χ4v) is 1.39. The van der Waals surface area contributed by atoms with Gasteiger partial charge in [0.05, 0.1) is 5.69 Å². The Kier molecular flexibility index (Phi) is 2.33. The summed E-state index contributed by atoms with van der Waals surface area (Å²) in [6, 6.07) is 6.25. The molecule has 0 aliphatic heterocycles. The molecule has 0 atom stereocenters. The molecule has 0 saturated carbocycles. The van der Waals surface area contributed by atoms with Crippen LogP contribution in [-0.2, 0) is 0 Å². The molecule has 0 aliphatic carbocycles. The molecular formula is C11H10FN3.